The number of amides is 3. The molecule has 2 N–H and O–H groups in total. The van der Waals surface area contributed by atoms with Crippen LogP contribution in [0.4, 0.5) is 5.69 Å². The summed E-state index contributed by atoms with van der Waals surface area (Å²) in [5.74, 6) is -0.156. The summed E-state index contributed by atoms with van der Waals surface area (Å²) in [4.78, 5) is 36.8. The SMILES string of the molecule is C/C=C1/C(=O)NN(c2ccc(C(=O)NCCCOc3ccc(C(C)(C)CC)cc3C(C)(C)CC)cc2)C1=O. The van der Waals surface area contributed by atoms with Gasteiger partial charge >= 0.3 is 0 Å². The molecule has 0 saturated carbocycles. The van der Waals surface area contributed by atoms with E-state index in [2.05, 4.69) is 70.5 Å². The summed E-state index contributed by atoms with van der Waals surface area (Å²) in [5.41, 5.74) is 6.22. The molecule has 2 aromatic carbocycles. The molecule has 1 heterocycles. The molecule has 7 heteroatoms. The number of hydrazine groups is 1. The lowest BCUT2D eigenvalue weighted by molar-refractivity contribution is -0.117. The third-order valence-corrected chi connectivity index (χ3v) is 7.69. The Kier molecular flexibility index (Phi) is 9.02. The van der Waals surface area contributed by atoms with E-state index in [1.807, 2.05) is 0 Å². The number of nitrogens with zero attached hydrogens (tertiary/aromatic N) is 1. The number of benzene rings is 2. The van der Waals surface area contributed by atoms with Crippen LogP contribution >= 0.6 is 0 Å². The van der Waals surface area contributed by atoms with E-state index in [0.29, 0.717) is 30.8 Å². The zero-order valence-corrected chi connectivity index (χ0v) is 23.7. The predicted molar refractivity (Wildman–Crippen MR) is 151 cm³/mol. The van der Waals surface area contributed by atoms with Crippen molar-refractivity contribution in [1.82, 2.24) is 10.7 Å². The van der Waals surface area contributed by atoms with Crippen molar-refractivity contribution in [3.63, 3.8) is 0 Å². The maximum Gasteiger partial charge on any atom is 0.282 e. The Morgan fingerprint density at radius 3 is 2.24 bits per heavy atom. The van der Waals surface area contributed by atoms with Gasteiger partial charge in [-0.2, -0.15) is 0 Å². The summed E-state index contributed by atoms with van der Waals surface area (Å²) < 4.78 is 6.20. The van der Waals surface area contributed by atoms with Gasteiger partial charge in [0.25, 0.3) is 17.7 Å². The molecule has 2 aromatic rings. The lowest BCUT2D eigenvalue weighted by Crippen LogP contribution is -2.35. The van der Waals surface area contributed by atoms with E-state index in [1.54, 1.807) is 31.2 Å². The van der Waals surface area contributed by atoms with Gasteiger partial charge in [0, 0.05) is 17.7 Å². The Morgan fingerprint density at radius 2 is 1.66 bits per heavy atom. The number of anilines is 1. The molecule has 0 atom stereocenters. The summed E-state index contributed by atoms with van der Waals surface area (Å²) in [6, 6.07) is 13.1. The van der Waals surface area contributed by atoms with Gasteiger partial charge < -0.3 is 10.1 Å². The fourth-order valence-corrected chi connectivity index (χ4v) is 4.19. The molecule has 204 valence electrons. The Morgan fingerprint density at radius 1 is 1.00 bits per heavy atom. The van der Waals surface area contributed by atoms with Crippen LogP contribution in [0.3, 0.4) is 0 Å². The van der Waals surface area contributed by atoms with E-state index in [9.17, 15) is 14.4 Å². The van der Waals surface area contributed by atoms with Crippen LogP contribution in [0.15, 0.2) is 54.1 Å². The average molecular weight is 520 g/mol. The minimum Gasteiger partial charge on any atom is -0.493 e. The van der Waals surface area contributed by atoms with E-state index in [0.717, 1.165) is 18.6 Å². The zero-order valence-electron chi connectivity index (χ0n) is 23.7. The number of hydrogen-bond donors (Lipinski definition) is 2. The molecular formula is C31H41N3O4. The molecule has 3 rings (SSSR count). The number of hydrogen-bond acceptors (Lipinski definition) is 4. The van der Waals surface area contributed by atoms with Gasteiger partial charge in [0.2, 0.25) is 0 Å². The van der Waals surface area contributed by atoms with E-state index >= 15 is 0 Å². The van der Waals surface area contributed by atoms with Crippen molar-refractivity contribution < 1.29 is 19.1 Å². The summed E-state index contributed by atoms with van der Waals surface area (Å²) in [5, 5.41) is 4.10. The first-order valence-electron chi connectivity index (χ1n) is 13.4. The van der Waals surface area contributed by atoms with Crippen LogP contribution in [0.25, 0.3) is 0 Å². The smallest absolute Gasteiger partial charge is 0.282 e. The molecule has 0 unspecified atom stereocenters. The quantitative estimate of drug-likeness (QED) is 0.230. The number of ether oxygens (including phenoxy) is 1. The second kappa shape index (κ2) is 11.8. The van der Waals surface area contributed by atoms with Crippen molar-refractivity contribution >= 4 is 23.4 Å². The molecule has 3 amide bonds. The fraction of sp³-hybridized carbons (Fsp3) is 0.452. The van der Waals surface area contributed by atoms with Crippen LogP contribution < -0.4 is 20.5 Å². The van der Waals surface area contributed by atoms with Crippen LogP contribution in [0.5, 0.6) is 5.75 Å². The molecule has 1 aliphatic rings. The molecule has 38 heavy (non-hydrogen) atoms. The Hall–Kier alpha value is -3.61. The van der Waals surface area contributed by atoms with Gasteiger partial charge in [-0.1, -0.05) is 59.8 Å². The summed E-state index contributed by atoms with van der Waals surface area (Å²) in [7, 11) is 0. The molecular weight excluding hydrogens is 478 g/mol. The number of carbonyl (C=O) groups excluding carboxylic acids is 3. The highest BCUT2D eigenvalue weighted by Gasteiger charge is 2.33. The first kappa shape index (κ1) is 29.0. The molecule has 0 spiro atoms. The monoisotopic (exact) mass is 519 g/mol. The van der Waals surface area contributed by atoms with Gasteiger partial charge in [0.05, 0.1) is 12.3 Å². The second-order valence-electron chi connectivity index (χ2n) is 11.0. The Labute approximate surface area is 226 Å². The van der Waals surface area contributed by atoms with Gasteiger partial charge in [0.1, 0.15) is 11.3 Å². The van der Waals surface area contributed by atoms with Crippen LogP contribution in [0.2, 0.25) is 0 Å². The van der Waals surface area contributed by atoms with Gasteiger partial charge in [-0.05, 0) is 72.9 Å². The summed E-state index contributed by atoms with van der Waals surface area (Å²) in [6.45, 7) is 16.0. The lowest BCUT2D eigenvalue weighted by Gasteiger charge is -2.30. The van der Waals surface area contributed by atoms with Crippen molar-refractivity contribution in [2.24, 2.45) is 0 Å². The lowest BCUT2D eigenvalue weighted by atomic mass is 9.76. The normalized spacial score (nSPS) is 15.1. The van der Waals surface area contributed by atoms with E-state index in [-0.39, 0.29) is 22.3 Å². The molecule has 0 aromatic heterocycles. The predicted octanol–water partition coefficient (Wildman–Crippen LogP) is 5.58. The highest BCUT2D eigenvalue weighted by Crippen LogP contribution is 2.38. The van der Waals surface area contributed by atoms with Gasteiger partial charge in [-0.25, -0.2) is 5.01 Å². The summed E-state index contributed by atoms with van der Waals surface area (Å²) in [6.07, 6.45) is 4.21. The van der Waals surface area contributed by atoms with Crippen LogP contribution in [0.1, 0.15) is 89.2 Å². The molecule has 7 nitrogen and oxygen atoms in total. The number of allylic oxidation sites excluding steroid dienone is 1. The minimum absolute atomic E-state index is 0.00751. The maximum atomic E-state index is 12.6. The third kappa shape index (κ3) is 6.26. The van der Waals surface area contributed by atoms with E-state index in [1.165, 1.54) is 22.2 Å². The number of nitrogens with one attached hydrogen (secondary N) is 2. The highest BCUT2D eigenvalue weighted by atomic mass is 16.5. The van der Waals surface area contributed by atoms with Gasteiger partial charge in [-0.15, -0.1) is 0 Å². The first-order chi connectivity index (χ1) is 17.9. The number of rotatable bonds is 11. The minimum atomic E-state index is -0.437. The van der Waals surface area contributed by atoms with Crippen LogP contribution in [0, 0.1) is 0 Å². The topological polar surface area (TPSA) is 87.7 Å². The van der Waals surface area contributed by atoms with Gasteiger partial charge in [0.15, 0.2) is 0 Å². The van der Waals surface area contributed by atoms with Crippen molar-refractivity contribution in [1.29, 1.82) is 0 Å². The average Bonchev–Trinajstić information content (AvgIpc) is 3.20. The molecule has 1 aliphatic heterocycles. The molecule has 1 fully saturated rings. The second-order valence-corrected chi connectivity index (χ2v) is 11.0. The van der Waals surface area contributed by atoms with E-state index < -0.39 is 11.8 Å². The molecule has 0 radical (unpaired) electrons. The van der Waals surface area contributed by atoms with Crippen LogP contribution in [-0.4, -0.2) is 30.9 Å². The maximum absolute atomic E-state index is 12.6. The van der Waals surface area contributed by atoms with E-state index in [4.69, 9.17) is 4.74 Å². The highest BCUT2D eigenvalue weighted by molar-refractivity contribution is 6.29. The largest absolute Gasteiger partial charge is 0.493 e. The molecule has 0 bridgehead atoms. The number of carbonyl (C=O) groups is 3. The fourth-order valence-electron chi connectivity index (χ4n) is 4.19. The summed E-state index contributed by atoms with van der Waals surface area (Å²) >= 11 is 0. The first-order valence-corrected chi connectivity index (χ1v) is 13.4. The van der Waals surface area contributed by atoms with Crippen LogP contribution in [-0.2, 0) is 20.4 Å². The van der Waals surface area contributed by atoms with Crippen molar-refractivity contribution in [2.45, 2.75) is 78.6 Å². The van der Waals surface area contributed by atoms with Crippen molar-refractivity contribution in [3.05, 3.63) is 70.8 Å². The van der Waals surface area contributed by atoms with Crippen molar-refractivity contribution in [2.75, 3.05) is 18.2 Å². The standard InChI is InChI=1S/C31H41N3O4/c1-8-24-28(36)33-34(29(24)37)23-15-12-21(13-16-23)27(35)32-18-11-19-38-26-17-14-22(30(4,5)9-2)20-25(26)31(6,7)10-3/h8,12-17,20H,9-11,18-19H2,1-7H3,(H,32,35)(H,33,36)/b24-8-. The Balaban J connectivity index is 1.55. The Bertz CT molecular complexity index is 1210. The van der Waals surface area contributed by atoms with Crippen molar-refractivity contribution in [3.8, 4) is 5.75 Å². The molecule has 0 aliphatic carbocycles. The zero-order chi connectivity index (χ0) is 28.1. The third-order valence-electron chi connectivity index (χ3n) is 7.69. The van der Waals surface area contributed by atoms with Gasteiger partial charge in [-0.3, -0.25) is 19.8 Å². The molecule has 1 saturated heterocycles.